The second-order valence-corrected chi connectivity index (χ2v) is 6.76. The number of aromatic nitrogens is 3. The highest BCUT2D eigenvalue weighted by atomic mass is 16.2. The number of carbonyl (C=O) groups is 1. The van der Waals surface area contributed by atoms with Crippen molar-refractivity contribution in [1.82, 2.24) is 25.0 Å². The maximum absolute atomic E-state index is 12.3. The summed E-state index contributed by atoms with van der Waals surface area (Å²) >= 11 is 0. The molecule has 2 aromatic rings. The molecule has 1 aliphatic rings. The summed E-state index contributed by atoms with van der Waals surface area (Å²) in [6, 6.07) is 3.48. The SMILES string of the molecule is CN1CCCCC(CNC(=O)Nc2cccnc2-c2cnn(C)c2)C1. The molecule has 0 aliphatic carbocycles. The van der Waals surface area contributed by atoms with Crippen molar-refractivity contribution in [2.45, 2.75) is 19.3 Å². The van der Waals surface area contributed by atoms with Gasteiger partial charge in [0.2, 0.25) is 0 Å². The van der Waals surface area contributed by atoms with E-state index in [1.807, 2.05) is 25.4 Å². The fourth-order valence-corrected chi connectivity index (χ4v) is 3.29. The van der Waals surface area contributed by atoms with Gasteiger partial charge in [-0.15, -0.1) is 0 Å². The number of pyridine rings is 1. The summed E-state index contributed by atoms with van der Waals surface area (Å²) in [5.41, 5.74) is 2.29. The van der Waals surface area contributed by atoms with E-state index in [9.17, 15) is 4.79 Å². The number of carbonyl (C=O) groups excluding carboxylic acids is 1. The van der Waals surface area contributed by atoms with Gasteiger partial charge in [0, 0.05) is 38.1 Å². The quantitative estimate of drug-likeness (QED) is 0.894. The van der Waals surface area contributed by atoms with Crippen molar-refractivity contribution in [2.24, 2.45) is 13.0 Å². The summed E-state index contributed by atoms with van der Waals surface area (Å²) in [6.45, 7) is 2.87. The number of anilines is 1. The second kappa shape index (κ2) is 8.11. The smallest absolute Gasteiger partial charge is 0.319 e. The molecule has 2 N–H and O–H groups in total. The van der Waals surface area contributed by atoms with Crippen LogP contribution in [0.25, 0.3) is 11.3 Å². The molecule has 25 heavy (non-hydrogen) atoms. The van der Waals surface area contributed by atoms with Gasteiger partial charge in [0.25, 0.3) is 0 Å². The molecule has 7 nitrogen and oxygen atoms in total. The number of nitrogens with one attached hydrogen (secondary N) is 2. The van der Waals surface area contributed by atoms with Crippen LogP contribution >= 0.6 is 0 Å². The molecule has 1 aliphatic heterocycles. The second-order valence-electron chi connectivity index (χ2n) is 6.76. The fourth-order valence-electron chi connectivity index (χ4n) is 3.29. The summed E-state index contributed by atoms with van der Waals surface area (Å²) in [4.78, 5) is 19.1. The molecule has 0 bridgehead atoms. The van der Waals surface area contributed by atoms with Crippen LogP contribution in [-0.2, 0) is 7.05 Å². The zero-order chi connectivity index (χ0) is 17.6. The van der Waals surface area contributed by atoms with E-state index in [0.29, 0.717) is 18.2 Å². The van der Waals surface area contributed by atoms with Crippen LogP contribution in [0.4, 0.5) is 10.5 Å². The van der Waals surface area contributed by atoms with Crippen LogP contribution in [0.5, 0.6) is 0 Å². The molecule has 2 amide bonds. The third-order valence-corrected chi connectivity index (χ3v) is 4.56. The van der Waals surface area contributed by atoms with Gasteiger partial charge in [-0.3, -0.25) is 9.67 Å². The normalized spacial score (nSPS) is 18.6. The number of hydrogen-bond donors (Lipinski definition) is 2. The molecule has 1 atom stereocenters. The number of hydrogen-bond acceptors (Lipinski definition) is 4. The largest absolute Gasteiger partial charge is 0.338 e. The first-order chi connectivity index (χ1) is 12.1. The van der Waals surface area contributed by atoms with E-state index in [1.54, 1.807) is 17.1 Å². The van der Waals surface area contributed by atoms with Gasteiger partial charge in [-0.2, -0.15) is 5.10 Å². The summed E-state index contributed by atoms with van der Waals surface area (Å²) in [7, 11) is 4.00. The predicted molar refractivity (Wildman–Crippen MR) is 98.3 cm³/mol. The topological polar surface area (TPSA) is 75.1 Å². The first-order valence-electron chi connectivity index (χ1n) is 8.79. The van der Waals surface area contributed by atoms with Crippen LogP contribution in [0, 0.1) is 5.92 Å². The van der Waals surface area contributed by atoms with E-state index >= 15 is 0 Å². The molecular weight excluding hydrogens is 316 g/mol. The van der Waals surface area contributed by atoms with Crippen LogP contribution in [0.15, 0.2) is 30.7 Å². The minimum absolute atomic E-state index is 0.190. The van der Waals surface area contributed by atoms with Gasteiger partial charge in [-0.25, -0.2) is 4.79 Å². The Morgan fingerprint density at radius 1 is 1.36 bits per heavy atom. The molecular formula is C18H26N6O. The van der Waals surface area contributed by atoms with Gasteiger partial charge in [0.15, 0.2) is 0 Å². The maximum Gasteiger partial charge on any atom is 0.319 e. The van der Waals surface area contributed by atoms with E-state index in [-0.39, 0.29) is 6.03 Å². The third-order valence-electron chi connectivity index (χ3n) is 4.56. The summed E-state index contributed by atoms with van der Waals surface area (Å²) < 4.78 is 1.72. The van der Waals surface area contributed by atoms with E-state index < -0.39 is 0 Å². The Hall–Kier alpha value is -2.41. The lowest BCUT2D eigenvalue weighted by molar-refractivity contribution is 0.246. The van der Waals surface area contributed by atoms with Crippen molar-refractivity contribution in [2.75, 3.05) is 32.0 Å². The zero-order valence-electron chi connectivity index (χ0n) is 14.9. The van der Waals surface area contributed by atoms with E-state index in [4.69, 9.17) is 0 Å². The minimum Gasteiger partial charge on any atom is -0.338 e. The maximum atomic E-state index is 12.3. The average molecular weight is 342 g/mol. The van der Waals surface area contributed by atoms with Crippen LogP contribution in [0.1, 0.15) is 19.3 Å². The Labute approximate surface area is 148 Å². The Morgan fingerprint density at radius 2 is 2.24 bits per heavy atom. The van der Waals surface area contributed by atoms with Crippen molar-refractivity contribution in [3.8, 4) is 11.3 Å². The highest BCUT2D eigenvalue weighted by molar-refractivity contribution is 5.93. The lowest BCUT2D eigenvalue weighted by Crippen LogP contribution is -2.36. The minimum atomic E-state index is -0.190. The summed E-state index contributed by atoms with van der Waals surface area (Å²) in [5.74, 6) is 0.505. The van der Waals surface area contributed by atoms with Crippen molar-refractivity contribution >= 4 is 11.7 Å². The van der Waals surface area contributed by atoms with Crippen molar-refractivity contribution in [1.29, 1.82) is 0 Å². The van der Waals surface area contributed by atoms with Crippen molar-refractivity contribution in [3.05, 3.63) is 30.7 Å². The van der Waals surface area contributed by atoms with Gasteiger partial charge in [-0.05, 0) is 44.5 Å². The van der Waals surface area contributed by atoms with Gasteiger partial charge in [-0.1, -0.05) is 6.42 Å². The van der Waals surface area contributed by atoms with Crippen molar-refractivity contribution < 1.29 is 4.79 Å². The Bertz CT molecular complexity index is 713. The number of aryl methyl sites for hydroxylation is 1. The molecule has 2 aromatic heterocycles. The van der Waals surface area contributed by atoms with Crippen LogP contribution in [-0.4, -0.2) is 52.4 Å². The highest BCUT2D eigenvalue weighted by Crippen LogP contribution is 2.24. The lowest BCUT2D eigenvalue weighted by Gasteiger charge is -2.20. The molecule has 3 rings (SSSR count). The lowest BCUT2D eigenvalue weighted by atomic mass is 10.0. The molecule has 0 aromatic carbocycles. The molecule has 0 radical (unpaired) electrons. The average Bonchev–Trinajstić information content (AvgIpc) is 2.91. The number of amides is 2. The summed E-state index contributed by atoms with van der Waals surface area (Å²) in [6.07, 6.45) is 8.97. The molecule has 1 fully saturated rings. The molecule has 0 spiro atoms. The first kappa shape index (κ1) is 17.4. The Morgan fingerprint density at radius 3 is 3.04 bits per heavy atom. The first-order valence-corrected chi connectivity index (χ1v) is 8.79. The standard InChI is InChI=1S/C18H26N6O/c1-23-9-4-3-6-14(12-23)10-20-18(25)22-16-7-5-8-19-17(16)15-11-21-24(2)13-15/h5,7-8,11,13-14H,3-4,6,9-10,12H2,1-2H3,(H2,20,22,25). The monoisotopic (exact) mass is 342 g/mol. The molecule has 1 unspecified atom stereocenters. The number of nitrogens with zero attached hydrogens (tertiary/aromatic N) is 4. The summed E-state index contributed by atoms with van der Waals surface area (Å²) in [5, 5.41) is 10.1. The van der Waals surface area contributed by atoms with Crippen LogP contribution in [0.3, 0.4) is 0 Å². The number of rotatable bonds is 4. The van der Waals surface area contributed by atoms with E-state index in [1.165, 1.54) is 19.3 Å². The number of urea groups is 1. The fraction of sp³-hybridized carbons (Fsp3) is 0.500. The van der Waals surface area contributed by atoms with Gasteiger partial charge < -0.3 is 15.5 Å². The Balaban J connectivity index is 1.60. The van der Waals surface area contributed by atoms with Crippen molar-refractivity contribution in [3.63, 3.8) is 0 Å². The molecule has 3 heterocycles. The molecule has 0 saturated carbocycles. The molecule has 7 heteroatoms. The number of likely N-dealkylation sites (tertiary alicyclic amines) is 1. The van der Waals surface area contributed by atoms with E-state index in [0.717, 1.165) is 24.3 Å². The third kappa shape index (κ3) is 4.79. The predicted octanol–water partition coefficient (Wildman–Crippen LogP) is 2.34. The highest BCUT2D eigenvalue weighted by Gasteiger charge is 2.17. The van der Waals surface area contributed by atoms with Gasteiger partial charge in [0.1, 0.15) is 0 Å². The molecule has 134 valence electrons. The van der Waals surface area contributed by atoms with Gasteiger partial charge >= 0.3 is 6.03 Å². The van der Waals surface area contributed by atoms with Crippen LogP contribution < -0.4 is 10.6 Å². The molecule has 1 saturated heterocycles. The Kier molecular flexibility index (Phi) is 5.65. The van der Waals surface area contributed by atoms with Crippen LogP contribution in [0.2, 0.25) is 0 Å². The van der Waals surface area contributed by atoms with E-state index in [2.05, 4.69) is 32.7 Å². The van der Waals surface area contributed by atoms with Gasteiger partial charge in [0.05, 0.1) is 17.6 Å². The zero-order valence-corrected chi connectivity index (χ0v) is 14.9.